The smallest absolute Gasteiger partial charge is 0.304 e. The van der Waals surface area contributed by atoms with Gasteiger partial charge in [0.1, 0.15) is 0 Å². The molecule has 1 atom stereocenters. The minimum atomic E-state index is -3.54. The maximum atomic E-state index is 12.1. The quantitative estimate of drug-likeness (QED) is 0.757. The highest BCUT2D eigenvalue weighted by atomic mass is 32.2. The molecule has 0 spiro atoms. The summed E-state index contributed by atoms with van der Waals surface area (Å²) < 4.78 is 28.1. The fourth-order valence-corrected chi connectivity index (χ4v) is 3.61. The topological polar surface area (TPSA) is 86.7 Å². The van der Waals surface area contributed by atoms with E-state index in [-0.39, 0.29) is 6.42 Å². The predicted octanol–water partition coefficient (Wildman–Crippen LogP) is 0.950. The minimum absolute atomic E-state index is 0.177. The van der Waals surface area contributed by atoms with Crippen LogP contribution in [-0.4, -0.2) is 42.9 Å². The summed E-state index contributed by atoms with van der Waals surface area (Å²) in [7, 11) is -3.54. The lowest BCUT2D eigenvalue weighted by atomic mass is 10.2. The number of nitrogens with one attached hydrogen (secondary N) is 1. The number of aliphatic carboxylic acids is 1. The molecule has 0 aromatic heterocycles. The van der Waals surface area contributed by atoms with Crippen molar-refractivity contribution >= 4 is 16.2 Å². The van der Waals surface area contributed by atoms with Gasteiger partial charge in [-0.3, -0.25) is 4.79 Å². The van der Waals surface area contributed by atoms with E-state index in [0.29, 0.717) is 19.5 Å². The SMILES string of the molecule is CCC(CC(=O)O)NS(=O)(=O)N1CCCCCC1. The van der Waals surface area contributed by atoms with Crippen LogP contribution in [0.3, 0.4) is 0 Å². The molecule has 1 rings (SSSR count). The van der Waals surface area contributed by atoms with E-state index in [4.69, 9.17) is 5.11 Å². The molecule has 1 aliphatic heterocycles. The van der Waals surface area contributed by atoms with E-state index in [9.17, 15) is 13.2 Å². The number of carboxylic acid groups (broad SMARTS) is 1. The average molecular weight is 278 g/mol. The number of rotatable bonds is 6. The summed E-state index contributed by atoms with van der Waals surface area (Å²) in [6.45, 7) is 2.83. The van der Waals surface area contributed by atoms with E-state index in [0.717, 1.165) is 25.7 Å². The Morgan fingerprint density at radius 3 is 2.28 bits per heavy atom. The molecule has 1 saturated heterocycles. The maximum absolute atomic E-state index is 12.1. The molecule has 0 saturated carbocycles. The van der Waals surface area contributed by atoms with Gasteiger partial charge in [0.05, 0.1) is 6.42 Å². The minimum Gasteiger partial charge on any atom is -0.481 e. The zero-order chi connectivity index (χ0) is 13.6. The lowest BCUT2D eigenvalue weighted by Gasteiger charge is -2.23. The van der Waals surface area contributed by atoms with Crippen LogP contribution >= 0.6 is 0 Å². The summed E-state index contributed by atoms with van der Waals surface area (Å²) in [6, 6.07) is -0.532. The Morgan fingerprint density at radius 2 is 1.83 bits per heavy atom. The van der Waals surface area contributed by atoms with Crippen molar-refractivity contribution in [2.24, 2.45) is 0 Å². The summed E-state index contributed by atoms with van der Waals surface area (Å²) in [5.74, 6) is -0.986. The van der Waals surface area contributed by atoms with Crippen molar-refractivity contribution < 1.29 is 18.3 Å². The molecule has 106 valence electrons. The van der Waals surface area contributed by atoms with Crippen LogP contribution in [0.1, 0.15) is 45.4 Å². The third-order valence-electron chi connectivity index (χ3n) is 3.13. The normalized spacial score (nSPS) is 20.3. The molecule has 0 bridgehead atoms. The fourth-order valence-electron chi connectivity index (χ4n) is 2.05. The fraction of sp³-hybridized carbons (Fsp3) is 0.909. The summed E-state index contributed by atoms with van der Waals surface area (Å²) in [4.78, 5) is 10.6. The molecule has 0 aliphatic carbocycles. The van der Waals surface area contributed by atoms with Crippen molar-refractivity contribution in [2.45, 2.75) is 51.5 Å². The molecule has 1 unspecified atom stereocenters. The molecule has 1 heterocycles. The van der Waals surface area contributed by atoms with Crippen LogP contribution in [0.15, 0.2) is 0 Å². The molecular formula is C11H22N2O4S. The molecule has 0 radical (unpaired) electrons. The van der Waals surface area contributed by atoms with Crippen LogP contribution in [0.5, 0.6) is 0 Å². The molecule has 1 aliphatic rings. The molecule has 0 aromatic carbocycles. The Balaban J connectivity index is 2.63. The summed E-state index contributed by atoms with van der Waals surface area (Å²) in [5.41, 5.74) is 0. The molecule has 2 N–H and O–H groups in total. The molecule has 0 aromatic rings. The Morgan fingerprint density at radius 1 is 1.28 bits per heavy atom. The number of nitrogens with zero attached hydrogens (tertiary/aromatic N) is 1. The molecule has 0 amide bonds. The van der Waals surface area contributed by atoms with Crippen molar-refractivity contribution in [3.8, 4) is 0 Å². The first-order chi connectivity index (χ1) is 8.45. The summed E-state index contributed by atoms with van der Waals surface area (Å²) in [5, 5.41) is 8.72. The van der Waals surface area contributed by atoms with Gasteiger partial charge in [0.15, 0.2) is 0 Å². The van der Waals surface area contributed by atoms with Crippen molar-refractivity contribution in [3.63, 3.8) is 0 Å². The first-order valence-corrected chi connectivity index (χ1v) is 7.89. The molecule has 6 nitrogen and oxygen atoms in total. The van der Waals surface area contributed by atoms with Crippen LogP contribution in [0.25, 0.3) is 0 Å². The highest BCUT2D eigenvalue weighted by molar-refractivity contribution is 7.87. The van der Waals surface area contributed by atoms with E-state index in [1.807, 2.05) is 0 Å². The third-order valence-corrected chi connectivity index (χ3v) is 4.81. The third kappa shape index (κ3) is 4.91. The van der Waals surface area contributed by atoms with Gasteiger partial charge in [0.2, 0.25) is 0 Å². The zero-order valence-corrected chi connectivity index (χ0v) is 11.6. The van der Waals surface area contributed by atoms with Gasteiger partial charge in [-0.15, -0.1) is 0 Å². The van der Waals surface area contributed by atoms with E-state index in [1.54, 1.807) is 6.92 Å². The second-order valence-corrected chi connectivity index (χ2v) is 6.34. The Labute approximate surface area is 109 Å². The van der Waals surface area contributed by atoms with E-state index < -0.39 is 22.2 Å². The Bertz CT molecular complexity index is 361. The van der Waals surface area contributed by atoms with Crippen molar-refractivity contribution in [3.05, 3.63) is 0 Å². The summed E-state index contributed by atoms with van der Waals surface area (Å²) >= 11 is 0. The molecule has 1 fully saturated rings. The Kier molecular flexibility index (Phi) is 6.04. The predicted molar refractivity (Wildman–Crippen MR) is 68.4 cm³/mol. The largest absolute Gasteiger partial charge is 0.481 e. The van der Waals surface area contributed by atoms with Gasteiger partial charge >= 0.3 is 5.97 Å². The highest BCUT2D eigenvalue weighted by Crippen LogP contribution is 2.13. The number of hydrogen-bond acceptors (Lipinski definition) is 3. The molecular weight excluding hydrogens is 256 g/mol. The monoisotopic (exact) mass is 278 g/mol. The van der Waals surface area contributed by atoms with Gasteiger partial charge < -0.3 is 5.11 Å². The van der Waals surface area contributed by atoms with Crippen LogP contribution < -0.4 is 4.72 Å². The van der Waals surface area contributed by atoms with Crippen molar-refractivity contribution in [1.82, 2.24) is 9.03 Å². The van der Waals surface area contributed by atoms with E-state index >= 15 is 0 Å². The summed E-state index contributed by atoms with van der Waals surface area (Å²) in [6.07, 6.45) is 4.15. The molecule has 7 heteroatoms. The van der Waals surface area contributed by atoms with Crippen LogP contribution in [-0.2, 0) is 15.0 Å². The van der Waals surface area contributed by atoms with Gasteiger partial charge in [0, 0.05) is 19.1 Å². The number of hydrogen-bond donors (Lipinski definition) is 2. The second kappa shape index (κ2) is 7.06. The standard InChI is InChI=1S/C11H22N2O4S/c1-2-10(9-11(14)15)12-18(16,17)13-7-5-3-4-6-8-13/h10,12H,2-9H2,1H3,(H,14,15). The van der Waals surface area contributed by atoms with Gasteiger partial charge in [-0.25, -0.2) is 0 Å². The van der Waals surface area contributed by atoms with Crippen LogP contribution in [0.2, 0.25) is 0 Å². The van der Waals surface area contributed by atoms with Gasteiger partial charge in [-0.05, 0) is 19.3 Å². The molecule has 18 heavy (non-hydrogen) atoms. The van der Waals surface area contributed by atoms with Gasteiger partial charge in [-0.1, -0.05) is 19.8 Å². The first-order valence-electron chi connectivity index (χ1n) is 6.45. The number of carbonyl (C=O) groups is 1. The maximum Gasteiger partial charge on any atom is 0.304 e. The van der Waals surface area contributed by atoms with E-state index in [1.165, 1.54) is 4.31 Å². The number of carboxylic acids is 1. The van der Waals surface area contributed by atoms with Gasteiger partial charge in [0.25, 0.3) is 10.2 Å². The van der Waals surface area contributed by atoms with Gasteiger partial charge in [-0.2, -0.15) is 17.4 Å². The average Bonchev–Trinajstić information content (AvgIpc) is 2.56. The van der Waals surface area contributed by atoms with E-state index in [2.05, 4.69) is 4.72 Å². The lowest BCUT2D eigenvalue weighted by molar-refractivity contribution is -0.137. The van der Waals surface area contributed by atoms with Crippen molar-refractivity contribution in [2.75, 3.05) is 13.1 Å². The highest BCUT2D eigenvalue weighted by Gasteiger charge is 2.26. The Hall–Kier alpha value is -0.660. The zero-order valence-electron chi connectivity index (χ0n) is 10.8. The van der Waals surface area contributed by atoms with Crippen molar-refractivity contribution in [1.29, 1.82) is 0 Å². The lowest BCUT2D eigenvalue weighted by Crippen LogP contribution is -2.46. The second-order valence-electron chi connectivity index (χ2n) is 4.64. The first kappa shape index (κ1) is 15.4. The van der Waals surface area contributed by atoms with Crippen LogP contribution in [0, 0.1) is 0 Å². The van der Waals surface area contributed by atoms with Crippen LogP contribution in [0.4, 0.5) is 0 Å².